The number of hydrogen-bond donors (Lipinski definition) is 1. The van der Waals surface area contributed by atoms with Gasteiger partial charge in [0.25, 0.3) is 0 Å². The molecule has 5 rings (SSSR count). The predicted molar refractivity (Wildman–Crippen MR) is 119 cm³/mol. The lowest BCUT2D eigenvalue weighted by Gasteiger charge is -2.48. The Morgan fingerprint density at radius 3 is 2.20 bits per heavy atom. The van der Waals surface area contributed by atoms with Crippen LogP contribution < -0.4 is 0 Å². The number of hydrogen-bond acceptors (Lipinski definition) is 4. The van der Waals surface area contributed by atoms with Gasteiger partial charge in [-0.3, -0.25) is 4.90 Å². The summed E-state index contributed by atoms with van der Waals surface area (Å²) in [5, 5.41) is 21.6. The number of halogens is 2. The van der Waals surface area contributed by atoms with Gasteiger partial charge >= 0.3 is 0 Å². The van der Waals surface area contributed by atoms with Gasteiger partial charge in [-0.15, -0.1) is 0 Å². The highest BCUT2D eigenvalue weighted by Crippen LogP contribution is 2.54. The van der Waals surface area contributed by atoms with Crippen molar-refractivity contribution in [2.75, 3.05) is 0 Å². The quantitative estimate of drug-likeness (QED) is 0.574. The summed E-state index contributed by atoms with van der Waals surface area (Å²) in [4.78, 5) is 2.25. The van der Waals surface area contributed by atoms with E-state index in [0.717, 1.165) is 36.1 Å². The zero-order valence-electron chi connectivity index (χ0n) is 16.5. The van der Waals surface area contributed by atoms with Crippen LogP contribution in [0.25, 0.3) is 0 Å². The predicted octanol–water partition coefficient (Wildman–Crippen LogP) is 5.60. The first kappa shape index (κ1) is 20.0. The molecule has 2 fully saturated rings. The molecular formula is C24H23Cl2N3O. The molecule has 3 unspecified atom stereocenters. The first-order chi connectivity index (χ1) is 14.6. The third kappa shape index (κ3) is 3.42. The highest BCUT2D eigenvalue weighted by Gasteiger charge is 2.54. The van der Waals surface area contributed by atoms with Crippen LogP contribution in [0, 0.1) is 0 Å². The summed E-state index contributed by atoms with van der Waals surface area (Å²) in [6, 6.07) is 19.6. The van der Waals surface area contributed by atoms with Crippen molar-refractivity contribution in [2.45, 2.75) is 49.4 Å². The maximum Gasteiger partial charge on any atom is 0.120 e. The Morgan fingerprint density at radius 2 is 1.63 bits per heavy atom. The molecule has 1 aromatic heterocycles. The highest BCUT2D eigenvalue weighted by atomic mass is 35.5. The largest absolute Gasteiger partial charge is 0.376 e. The number of piperidine rings is 1. The molecule has 2 bridgehead atoms. The van der Waals surface area contributed by atoms with Gasteiger partial charge in [-0.1, -0.05) is 59.6 Å². The number of nitrogens with zero attached hydrogens (tertiary/aromatic N) is 3. The van der Waals surface area contributed by atoms with Gasteiger partial charge in [-0.05, 0) is 61.1 Å². The fourth-order valence-electron chi connectivity index (χ4n) is 5.32. The molecule has 2 aliphatic rings. The van der Waals surface area contributed by atoms with Crippen molar-refractivity contribution >= 4 is 23.2 Å². The van der Waals surface area contributed by atoms with Crippen LogP contribution in [0.3, 0.4) is 0 Å². The van der Waals surface area contributed by atoms with E-state index in [-0.39, 0.29) is 18.0 Å². The van der Waals surface area contributed by atoms with Crippen LogP contribution in [0.15, 0.2) is 66.9 Å². The van der Waals surface area contributed by atoms with Crippen molar-refractivity contribution in [2.24, 2.45) is 0 Å². The van der Waals surface area contributed by atoms with Crippen LogP contribution in [0.2, 0.25) is 10.0 Å². The summed E-state index contributed by atoms with van der Waals surface area (Å²) in [6.45, 7) is 0. The second kappa shape index (κ2) is 7.93. The van der Waals surface area contributed by atoms with Gasteiger partial charge in [-0.25, -0.2) is 0 Å². The van der Waals surface area contributed by atoms with Crippen LogP contribution in [0.1, 0.15) is 54.5 Å². The normalized spacial score (nSPS) is 26.3. The smallest absolute Gasteiger partial charge is 0.120 e. The average Bonchev–Trinajstić information content (AvgIpc) is 2.96. The molecule has 2 aliphatic heterocycles. The summed E-state index contributed by atoms with van der Waals surface area (Å²) >= 11 is 13.3. The van der Waals surface area contributed by atoms with E-state index in [4.69, 9.17) is 23.2 Å². The molecule has 30 heavy (non-hydrogen) atoms. The second-order valence-electron chi connectivity index (χ2n) is 8.31. The van der Waals surface area contributed by atoms with E-state index in [0.29, 0.717) is 16.5 Å². The third-order valence-electron chi connectivity index (χ3n) is 6.57. The van der Waals surface area contributed by atoms with E-state index in [1.807, 2.05) is 60.7 Å². The van der Waals surface area contributed by atoms with Gasteiger partial charge in [0.1, 0.15) is 5.72 Å². The lowest BCUT2D eigenvalue weighted by molar-refractivity contribution is -0.139. The lowest BCUT2D eigenvalue weighted by Crippen LogP contribution is -2.54. The summed E-state index contributed by atoms with van der Waals surface area (Å²) in [5.41, 5.74) is 1.94. The van der Waals surface area contributed by atoms with E-state index in [2.05, 4.69) is 15.1 Å². The van der Waals surface area contributed by atoms with E-state index < -0.39 is 5.72 Å². The Balaban J connectivity index is 1.59. The van der Waals surface area contributed by atoms with Gasteiger partial charge in [0.2, 0.25) is 0 Å². The maximum absolute atomic E-state index is 11.9. The van der Waals surface area contributed by atoms with E-state index in [9.17, 15) is 5.11 Å². The lowest BCUT2D eigenvalue weighted by atomic mass is 9.83. The Labute approximate surface area is 186 Å². The first-order valence-electron chi connectivity index (χ1n) is 10.3. The molecule has 3 heterocycles. The Hall–Kier alpha value is -1.98. The first-order valence-corrected chi connectivity index (χ1v) is 11.1. The summed E-state index contributed by atoms with van der Waals surface area (Å²) in [6.07, 6.45) is 4.88. The second-order valence-corrected chi connectivity index (χ2v) is 9.13. The van der Waals surface area contributed by atoms with Crippen LogP contribution in [-0.2, 0) is 0 Å². The van der Waals surface area contributed by atoms with Crippen molar-refractivity contribution in [3.63, 3.8) is 0 Å². The molecule has 154 valence electrons. The van der Waals surface area contributed by atoms with E-state index in [1.165, 1.54) is 0 Å². The molecule has 0 aliphatic carbocycles. The number of aliphatic hydroxyl groups is 1. The molecule has 2 saturated heterocycles. The summed E-state index contributed by atoms with van der Waals surface area (Å²) in [5.74, 6) is 0.186. The van der Waals surface area contributed by atoms with Crippen LogP contribution in [0.5, 0.6) is 0 Å². The average molecular weight is 440 g/mol. The van der Waals surface area contributed by atoms with Crippen molar-refractivity contribution in [1.82, 2.24) is 15.1 Å². The Kier molecular flexibility index (Phi) is 5.28. The Morgan fingerprint density at radius 1 is 0.967 bits per heavy atom. The fraction of sp³-hybridized carbons (Fsp3) is 0.333. The van der Waals surface area contributed by atoms with E-state index in [1.54, 1.807) is 6.20 Å². The SMILES string of the molecule is OC12CCC(CC(c3cccnn3)C1)N2C(c1ccccc1Cl)c1ccccc1Cl. The van der Waals surface area contributed by atoms with E-state index >= 15 is 0 Å². The molecule has 0 spiro atoms. The molecular weight excluding hydrogens is 417 g/mol. The number of rotatable bonds is 4. The van der Waals surface area contributed by atoms with Gasteiger partial charge < -0.3 is 5.11 Å². The Bertz CT molecular complexity index is 1000. The molecule has 0 saturated carbocycles. The monoisotopic (exact) mass is 439 g/mol. The minimum Gasteiger partial charge on any atom is -0.376 e. The molecule has 4 nitrogen and oxygen atoms in total. The standard InChI is InChI=1S/C24H23Cl2N3O/c25-20-8-3-1-6-18(20)23(19-7-2-4-9-21(19)26)29-17-11-12-24(29,30)15-16(14-17)22-10-5-13-27-28-22/h1-10,13,16-17,23,30H,11-12,14-15H2. The fourth-order valence-corrected chi connectivity index (χ4v) is 5.80. The molecule has 2 aromatic carbocycles. The number of benzene rings is 2. The molecule has 3 aromatic rings. The van der Waals surface area contributed by atoms with Gasteiger partial charge in [0.15, 0.2) is 0 Å². The molecule has 1 N–H and O–H groups in total. The zero-order valence-corrected chi connectivity index (χ0v) is 18.0. The van der Waals surface area contributed by atoms with Crippen molar-refractivity contribution in [3.05, 3.63) is 93.7 Å². The number of fused-ring (bicyclic) bond motifs is 2. The van der Waals surface area contributed by atoms with Crippen molar-refractivity contribution < 1.29 is 5.11 Å². The topological polar surface area (TPSA) is 49.3 Å². The van der Waals surface area contributed by atoms with Crippen LogP contribution in [0.4, 0.5) is 0 Å². The molecule has 0 radical (unpaired) electrons. The van der Waals surface area contributed by atoms with Crippen molar-refractivity contribution in [1.29, 1.82) is 0 Å². The minimum absolute atomic E-state index is 0.186. The van der Waals surface area contributed by atoms with Gasteiger partial charge in [-0.2, -0.15) is 10.2 Å². The molecule has 3 atom stereocenters. The van der Waals surface area contributed by atoms with Crippen molar-refractivity contribution in [3.8, 4) is 0 Å². The van der Waals surface area contributed by atoms with Gasteiger partial charge in [0.05, 0.1) is 11.7 Å². The minimum atomic E-state index is -0.950. The molecule has 0 amide bonds. The highest BCUT2D eigenvalue weighted by molar-refractivity contribution is 6.32. The van der Waals surface area contributed by atoms with Crippen LogP contribution in [-0.4, -0.2) is 32.0 Å². The molecule has 6 heteroatoms. The maximum atomic E-state index is 11.9. The summed E-state index contributed by atoms with van der Waals surface area (Å²) in [7, 11) is 0. The van der Waals surface area contributed by atoms with Gasteiger partial charge in [0, 0.05) is 28.2 Å². The number of aromatic nitrogens is 2. The summed E-state index contributed by atoms with van der Waals surface area (Å²) < 4.78 is 0. The van der Waals surface area contributed by atoms with Crippen LogP contribution >= 0.6 is 23.2 Å². The third-order valence-corrected chi connectivity index (χ3v) is 7.26. The zero-order chi connectivity index (χ0) is 20.7.